The molecule has 0 fully saturated rings. The Morgan fingerprint density at radius 3 is 0.636 bits per heavy atom. The van der Waals surface area contributed by atoms with Crippen LogP contribution in [0.3, 0.4) is 0 Å². The quantitative estimate of drug-likeness (QED) is 0.0357. The van der Waals surface area contributed by atoms with Crippen LogP contribution in [0.4, 0.5) is 0 Å². The predicted octanol–water partition coefficient (Wildman–Crippen LogP) is 31.1. The van der Waals surface area contributed by atoms with Gasteiger partial charge in [0.1, 0.15) is 23.0 Å². The molecule has 4 heteroatoms. The van der Waals surface area contributed by atoms with E-state index in [0.29, 0.717) is 13.2 Å². The van der Waals surface area contributed by atoms with Crippen LogP contribution >= 0.6 is 0 Å². The number of hydrogen-bond acceptors (Lipinski definition) is 4. The van der Waals surface area contributed by atoms with Gasteiger partial charge in [0.15, 0.2) is 0 Å². The molecule has 11 aromatic rings. The lowest BCUT2D eigenvalue weighted by Gasteiger charge is -2.23. The van der Waals surface area contributed by atoms with Gasteiger partial charge < -0.3 is 18.9 Å². The Hall–Kier alpha value is -9.38. The Balaban J connectivity index is 0.653. The average Bonchev–Trinajstić information content (AvgIpc) is 0.820. The molecule has 0 bridgehead atoms. The van der Waals surface area contributed by atoms with Gasteiger partial charge in [0.25, 0.3) is 0 Å². The highest BCUT2D eigenvalue weighted by atomic mass is 16.5. The molecule has 0 atom stereocenters. The van der Waals surface area contributed by atoms with E-state index in [9.17, 15) is 0 Å². The molecule has 0 aliphatic heterocycles. The topological polar surface area (TPSA) is 36.9 Å². The normalized spacial score (nSPS) is 12.5. The van der Waals surface area contributed by atoms with E-state index >= 15 is 0 Å². The minimum Gasteiger partial charge on any atom is -0.493 e. The number of fused-ring (bicyclic) bond motifs is 2. The van der Waals surface area contributed by atoms with Gasteiger partial charge in [0.2, 0.25) is 0 Å². The SMILES string of the molecule is CCCCCCCCOc1cc(-c2cccc3c2CCCC3)c(OCCCCCCCC)cc1-c1ccc(-c2ccc(-c3ccc(-c4ccc(-c5ccc(-c6ccc(-c7ccc(-c8cc(OCCCCCCCC)c(-c9cccc%10c9CCCC%10)cc8OCCCCCCCC)cc7)cc6)cc5)cc4)cc3)cc2)cc1. The van der Waals surface area contributed by atoms with E-state index in [1.165, 1.54) is 265 Å². The predicted molar refractivity (Wildman–Crippen MR) is 470 cm³/mol. The maximum absolute atomic E-state index is 6.89. The molecule has 0 saturated carbocycles. The lowest BCUT2D eigenvalue weighted by Crippen LogP contribution is -2.06. The lowest BCUT2D eigenvalue weighted by atomic mass is 9.85. The number of aryl methyl sites for hydroxylation is 2. The van der Waals surface area contributed by atoms with E-state index < -0.39 is 0 Å². The Morgan fingerprint density at radius 2 is 0.391 bits per heavy atom. The zero-order chi connectivity index (χ0) is 75.3. The van der Waals surface area contributed by atoms with Crippen molar-refractivity contribution in [2.24, 2.45) is 0 Å². The molecule has 0 amide bonds. The van der Waals surface area contributed by atoms with E-state index in [-0.39, 0.29) is 0 Å². The minimum atomic E-state index is 0.709. The Labute approximate surface area is 661 Å². The Kier molecular flexibility index (Phi) is 29.8. The van der Waals surface area contributed by atoms with Crippen molar-refractivity contribution >= 4 is 0 Å². The molecule has 0 N–H and O–H groups in total. The van der Waals surface area contributed by atoms with Crippen LogP contribution < -0.4 is 18.9 Å². The summed E-state index contributed by atoms with van der Waals surface area (Å²) in [6, 6.07) is 86.4. The second-order valence-electron chi connectivity index (χ2n) is 31.5. The van der Waals surface area contributed by atoms with Gasteiger partial charge in [-0.25, -0.2) is 0 Å². The first-order valence-corrected chi connectivity index (χ1v) is 43.3. The van der Waals surface area contributed by atoms with Crippen molar-refractivity contribution in [3.63, 3.8) is 0 Å². The number of ether oxygens (including phenoxy) is 4. The van der Waals surface area contributed by atoms with Crippen LogP contribution in [0, 0.1) is 0 Å². The van der Waals surface area contributed by atoms with Gasteiger partial charge in [0.05, 0.1) is 26.4 Å². The summed E-state index contributed by atoms with van der Waals surface area (Å²) < 4.78 is 27.5. The average molecular weight is 1460 g/mol. The van der Waals surface area contributed by atoms with E-state index in [1.54, 1.807) is 0 Å². The van der Waals surface area contributed by atoms with Gasteiger partial charge in [-0.1, -0.05) is 362 Å². The fourth-order valence-electron chi connectivity index (χ4n) is 16.8. The minimum absolute atomic E-state index is 0.709. The molecule has 13 rings (SSSR count). The highest BCUT2D eigenvalue weighted by Gasteiger charge is 2.24. The van der Waals surface area contributed by atoms with Crippen LogP contribution in [0.25, 0.3) is 111 Å². The van der Waals surface area contributed by atoms with Crippen LogP contribution in [0.2, 0.25) is 0 Å². The summed E-state index contributed by atoms with van der Waals surface area (Å²) in [6.45, 7) is 12.0. The standard InChI is InChI=1S/C106H122O4/c1-5-9-13-17-21-29-71-107-103-77-101(97-41-33-37-91-35-25-27-39-95(91)97)105(109-73-31-23-19-15-11-7-3)75-99(103)93-67-63-89(64-68-93)87-59-55-85(56-60-87)83-51-47-81(48-52-83)79-43-45-80(46-44-79)82-49-53-84(54-50-82)86-57-61-88(62-58-86)90-65-69-94(70-66-90)100-76-106(110-74-32-24-20-16-12-8-4)102(78-104(100)108-72-30-22-18-14-10-6-2)98-42-34-38-92-36-26-28-40-96(92)98/h33-34,37-38,41-70,75-78H,5-32,35-36,39-40,71-74H2,1-4H3. The maximum Gasteiger partial charge on any atom is 0.128 e. The van der Waals surface area contributed by atoms with Gasteiger partial charge in [0, 0.05) is 22.3 Å². The summed E-state index contributed by atoms with van der Waals surface area (Å²) in [5, 5.41) is 0. The Morgan fingerprint density at radius 1 is 0.191 bits per heavy atom. The fraction of sp³-hybridized carbons (Fsp3) is 0.377. The number of rotatable bonds is 42. The van der Waals surface area contributed by atoms with E-state index in [1.807, 2.05) is 0 Å². The molecule has 0 unspecified atom stereocenters. The second-order valence-corrected chi connectivity index (χ2v) is 31.5. The molecular weight excluding hydrogens is 1340 g/mol. The van der Waals surface area contributed by atoms with Crippen LogP contribution in [0.15, 0.2) is 231 Å². The van der Waals surface area contributed by atoms with Crippen LogP contribution in [-0.4, -0.2) is 26.4 Å². The van der Waals surface area contributed by atoms with Crippen molar-refractivity contribution in [1.82, 2.24) is 0 Å². The molecule has 2 aliphatic carbocycles. The van der Waals surface area contributed by atoms with Crippen LogP contribution in [-0.2, 0) is 25.7 Å². The molecule has 0 spiro atoms. The summed E-state index contributed by atoms with van der Waals surface area (Å²) in [7, 11) is 0. The van der Waals surface area contributed by atoms with Gasteiger partial charge in [-0.05, 0) is 213 Å². The third-order valence-electron chi connectivity index (χ3n) is 23.4. The third kappa shape index (κ3) is 21.2. The highest BCUT2D eigenvalue weighted by molar-refractivity contribution is 5.86. The largest absolute Gasteiger partial charge is 0.493 e. The molecule has 110 heavy (non-hydrogen) atoms. The lowest BCUT2D eigenvalue weighted by molar-refractivity contribution is 0.298. The maximum atomic E-state index is 6.89. The van der Waals surface area contributed by atoms with E-state index in [0.717, 1.165) is 110 Å². The van der Waals surface area contributed by atoms with E-state index in [4.69, 9.17) is 18.9 Å². The smallest absolute Gasteiger partial charge is 0.128 e. The fourth-order valence-corrected chi connectivity index (χ4v) is 16.8. The molecule has 0 saturated heterocycles. The summed E-state index contributed by atoms with van der Waals surface area (Å²) >= 11 is 0. The van der Waals surface area contributed by atoms with Crippen molar-refractivity contribution in [3.8, 4) is 134 Å². The molecule has 2 aliphatic rings. The number of hydrogen-bond donors (Lipinski definition) is 0. The van der Waals surface area contributed by atoms with Crippen molar-refractivity contribution < 1.29 is 18.9 Å². The zero-order valence-corrected chi connectivity index (χ0v) is 67.0. The number of unbranched alkanes of at least 4 members (excludes halogenated alkanes) is 20. The molecule has 11 aromatic carbocycles. The van der Waals surface area contributed by atoms with Gasteiger partial charge >= 0.3 is 0 Å². The van der Waals surface area contributed by atoms with Crippen molar-refractivity contribution in [2.75, 3.05) is 26.4 Å². The van der Waals surface area contributed by atoms with Crippen molar-refractivity contribution in [3.05, 3.63) is 253 Å². The summed E-state index contributed by atoms with van der Waals surface area (Å²) in [6.07, 6.45) is 39.1. The Bertz CT molecular complexity index is 4300. The molecule has 4 nitrogen and oxygen atoms in total. The molecule has 570 valence electrons. The van der Waals surface area contributed by atoms with Crippen LogP contribution in [0.5, 0.6) is 23.0 Å². The van der Waals surface area contributed by atoms with Crippen molar-refractivity contribution in [1.29, 1.82) is 0 Å². The second kappa shape index (κ2) is 41.6. The molecular formula is C106H122O4. The first-order valence-electron chi connectivity index (χ1n) is 43.3. The number of benzene rings is 11. The van der Waals surface area contributed by atoms with Crippen LogP contribution in [0.1, 0.15) is 230 Å². The third-order valence-corrected chi connectivity index (χ3v) is 23.4. The zero-order valence-electron chi connectivity index (χ0n) is 67.0. The first kappa shape index (κ1) is 78.7. The molecule has 0 heterocycles. The van der Waals surface area contributed by atoms with E-state index in [2.05, 4.69) is 258 Å². The van der Waals surface area contributed by atoms with Gasteiger partial charge in [-0.15, -0.1) is 0 Å². The summed E-state index contributed by atoms with van der Waals surface area (Å²) in [4.78, 5) is 0. The van der Waals surface area contributed by atoms with Gasteiger partial charge in [-0.2, -0.15) is 0 Å². The van der Waals surface area contributed by atoms with Crippen molar-refractivity contribution in [2.45, 2.75) is 233 Å². The van der Waals surface area contributed by atoms with Gasteiger partial charge in [-0.3, -0.25) is 0 Å². The molecule has 0 aromatic heterocycles. The monoisotopic (exact) mass is 1460 g/mol. The summed E-state index contributed by atoms with van der Waals surface area (Å²) in [5.41, 5.74) is 29.8. The highest BCUT2D eigenvalue weighted by Crippen LogP contribution is 2.47. The molecule has 0 radical (unpaired) electrons. The summed E-state index contributed by atoms with van der Waals surface area (Å²) in [5.74, 6) is 3.84. The first-order chi connectivity index (χ1) is 54.4.